The minimum Gasteiger partial charge on any atom is -0.472 e. The SMILES string of the molecule is FC(F)(F)C1CCCN(CCNCc2ccoc2)C1. The summed E-state index contributed by atoms with van der Waals surface area (Å²) in [4.78, 5) is 1.89. The summed E-state index contributed by atoms with van der Waals surface area (Å²) in [5.41, 5.74) is 1.05. The van der Waals surface area contributed by atoms with Gasteiger partial charge in [-0.15, -0.1) is 0 Å². The van der Waals surface area contributed by atoms with Crippen LogP contribution in [0.2, 0.25) is 0 Å². The Bertz CT molecular complexity index is 364. The highest BCUT2D eigenvalue weighted by Gasteiger charge is 2.41. The lowest BCUT2D eigenvalue weighted by Crippen LogP contribution is -2.44. The molecule has 2 rings (SSSR count). The normalized spacial score (nSPS) is 21.7. The summed E-state index contributed by atoms with van der Waals surface area (Å²) in [5.74, 6) is -1.16. The second-order valence-corrected chi connectivity index (χ2v) is 4.99. The standard InChI is InChI=1S/C13H19F3N2O/c14-13(15,16)12-2-1-5-18(9-12)6-4-17-8-11-3-7-19-10-11/h3,7,10,12,17H,1-2,4-6,8-9H2. The molecule has 1 saturated heterocycles. The molecule has 6 heteroatoms. The summed E-state index contributed by atoms with van der Waals surface area (Å²) in [6.07, 6.45) is 0.112. The Hall–Kier alpha value is -1.01. The van der Waals surface area contributed by atoms with Crippen molar-refractivity contribution >= 4 is 0 Å². The zero-order valence-corrected chi connectivity index (χ0v) is 10.7. The Labute approximate surface area is 110 Å². The molecule has 0 amide bonds. The number of hydrogen-bond acceptors (Lipinski definition) is 3. The van der Waals surface area contributed by atoms with Crippen LogP contribution in [0.3, 0.4) is 0 Å². The van der Waals surface area contributed by atoms with Crippen LogP contribution in [0.4, 0.5) is 13.2 Å². The molecule has 0 aliphatic carbocycles. The molecule has 108 valence electrons. The van der Waals surface area contributed by atoms with Crippen LogP contribution in [-0.2, 0) is 6.54 Å². The van der Waals surface area contributed by atoms with Crippen LogP contribution >= 0.6 is 0 Å². The minimum atomic E-state index is -4.05. The molecule has 1 aromatic rings. The number of alkyl halides is 3. The predicted molar refractivity (Wildman–Crippen MR) is 65.6 cm³/mol. The number of furan rings is 1. The molecule has 0 radical (unpaired) electrons. The van der Waals surface area contributed by atoms with Gasteiger partial charge in [-0.2, -0.15) is 13.2 Å². The predicted octanol–water partition coefficient (Wildman–Crippen LogP) is 2.64. The van der Waals surface area contributed by atoms with Crippen molar-refractivity contribution in [3.8, 4) is 0 Å². The van der Waals surface area contributed by atoms with Crippen LogP contribution in [0.5, 0.6) is 0 Å². The summed E-state index contributed by atoms with van der Waals surface area (Å²) in [6, 6.07) is 1.87. The highest BCUT2D eigenvalue weighted by molar-refractivity contribution is 5.04. The van der Waals surface area contributed by atoms with Crippen molar-refractivity contribution in [2.24, 2.45) is 5.92 Å². The zero-order valence-electron chi connectivity index (χ0n) is 10.7. The summed E-state index contributed by atoms with van der Waals surface area (Å²) >= 11 is 0. The Morgan fingerprint density at radius 1 is 1.42 bits per heavy atom. The number of piperidine rings is 1. The van der Waals surface area contributed by atoms with Gasteiger partial charge in [-0.3, -0.25) is 0 Å². The Morgan fingerprint density at radius 3 is 2.95 bits per heavy atom. The monoisotopic (exact) mass is 276 g/mol. The highest BCUT2D eigenvalue weighted by Crippen LogP contribution is 2.32. The van der Waals surface area contributed by atoms with Gasteiger partial charge >= 0.3 is 6.18 Å². The van der Waals surface area contributed by atoms with E-state index in [0.29, 0.717) is 26.1 Å². The second kappa shape index (κ2) is 6.43. The molecule has 0 aromatic carbocycles. The van der Waals surface area contributed by atoms with Gasteiger partial charge < -0.3 is 14.6 Å². The third-order valence-electron chi connectivity index (χ3n) is 3.48. The highest BCUT2D eigenvalue weighted by atomic mass is 19.4. The summed E-state index contributed by atoms with van der Waals surface area (Å²) in [6.45, 7) is 2.93. The topological polar surface area (TPSA) is 28.4 Å². The molecule has 1 fully saturated rings. The molecule has 0 saturated carbocycles. The fraction of sp³-hybridized carbons (Fsp3) is 0.692. The molecule has 1 aromatic heterocycles. The van der Waals surface area contributed by atoms with Crippen molar-refractivity contribution in [3.05, 3.63) is 24.2 Å². The Morgan fingerprint density at radius 2 is 2.26 bits per heavy atom. The van der Waals surface area contributed by atoms with E-state index < -0.39 is 12.1 Å². The van der Waals surface area contributed by atoms with Gasteiger partial charge in [0.15, 0.2) is 0 Å². The van der Waals surface area contributed by atoms with E-state index in [1.165, 1.54) is 0 Å². The van der Waals surface area contributed by atoms with Crippen LogP contribution in [0.25, 0.3) is 0 Å². The Kier molecular flexibility index (Phi) is 4.87. The maximum atomic E-state index is 12.6. The lowest BCUT2D eigenvalue weighted by atomic mass is 9.97. The number of hydrogen-bond donors (Lipinski definition) is 1. The average Bonchev–Trinajstić information content (AvgIpc) is 2.87. The quantitative estimate of drug-likeness (QED) is 0.838. The van der Waals surface area contributed by atoms with Crippen molar-refractivity contribution in [3.63, 3.8) is 0 Å². The minimum absolute atomic E-state index is 0.136. The first-order chi connectivity index (χ1) is 9.05. The van der Waals surface area contributed by atoms with Crippen LogP contribution in [0.1, 0.15) is 18.4 Å². The third-order valence-corrected chi connectivity index (χ3v) is 3.48. The van der Waals surface area contributed by atoms with E-state index in [1.807, 2.05) is 11.0 Å². The van der Waals surface area contributed by atoms with Crippen molar-refractivity contribution < 1.29 is 17.6 Å². The van der Waals surface area contributed by atoms with Crippen LogP contribution in [-0.4, -0.2) is 37.3 Å². The van der Waals surface area contributed by atoms with Gasteiger partial charge in [0.25, 0.3) is 0 Å². The molecule has 1 unspecified atom stereocenters. The first kappa shape index (κ1) is 14.4. The molecule has 0 spiro atoms. The van der Waals surface area contributed by atoms with Crippen molar-refractivity contribution in [2.75, 3.05) is 26.2 Å². The smallest absolute Gasteiger partial charge is 0.393 e. The number of nitrogens with zero attached hydrogens (tertiary/aromatic N) is 1. The van der Waals surface area contributed by atoms with Crippen LogP contribution in [0.15, 0.2) is 23.0 Å². The largest absolute Gasteiger partial charge is 0.472 e. The molecular formula is C13H19F3N2O. The van der Waals surface area contributed by atoms with E-state index in [4.69, 9.17) is 4.42 Å². The molecule has 3 nitrogen and oxygen atoms in total. The van der Waals surface area contributed by atoms with E-state index in [9.17, 15) is 13.2 Å². The van der Waals surface area contributed by atoms with E-state index >= 15 is 0 Å². The maximum Gasteiger partial charge on any atom is 0.393 e. The van der Waals surface area contributed by atoms with Gasteiger partial charge in [-0.05, 0) is 25.5 Å². The molecule has 2 heterocycles. The average molecular weight is 276 g/mol. The van der Waals surface area contributed by atoms with Crippen molar-refractivity contribution in [2.45, 2.75) is 25.6 Å². The zero-order chi connectivity index (χ0) is 13.7. The number of halogens is 3. The molecule has 1 N–H and O–H groups in total. The lowest BCUT2D eigenvalue weighted by molar-refractivity contribution is -0.186. The van der Waals surface area contributed by atoms with E-state index in [-0.39, 0.29) is 13.0 Å². The molecule has 1 aliphatic rings. The molecule has 1 atom stereocenters. The van der Waals surface area contributed by atoms with E-state index in [2.05, 4.69) is 5.32 Å². The first-order valence-corrected chi connectivity index (χ1v) is 6.56. The van der Waals surface area contributed by atoms with Gasteiger partial charge in [-0.1, -0.05) is 0 Å². The number of likely N-dealkylation sites (tertiary alicyclic amines) is 1. The van der Waals surface area contributed by atoms with Crippen LogP contribution < -0.4 is 5.32 Å². The summed E-state index contributed by atoms with van der Waals surface area (Å²) < 4.78 is 42.8. The maximum absolute atomic E-state index is 12.6. The van der Waals surface area contributed by atoms with Gasteiger partial charge in [-0.25, -0.2) is 0 Å². The molecule has 1 aliphatic heterocycles. The molecular weight excluding hydrogens is 257 g/mol. The first-order valence-electron chi connectivity index (χ1n) is 6.56. The lowest BCUT2D eigenvalue weighted by Gasteiger charge is -2.33. The summed E-state index contributed by atoms with van der Waals surface area (Å²) in [5, 5.41) is 3.21. The molecule has 19 heavy (non-hydrogen) atoms. The van der Waals surface area contributed by atoms with Gasteiger partial charge in [0, 0.05) is 31.7 Å². The van der Waals surface area contributed by atoms with Gasteiger partial charge in [0.2, 0.25) is 0 Å². The second-order valence-electron chi connectivity index (χ2n) is 4.99. The fourth-order valence-electron chi connectivity index (χ4n) is 2.39. The van der Waals surface area contributed by atoms with E-state index in [1.54, 1.807) is 12.5 Å². The van der Waals surface area contributed by atoms with Crippen molar-refractivity contribution in [1.29, 1.82) is 0 Å². The number of nitrogens with one attached hydrogen (secondary N) is 1. The number of rotatable bonds is 5. The summed E-state index contributed by atoms with van der Waals surface area (Å²) in [7, 11) is 0. The van der Waals surface area contributed by atoms with Crippen LogP contribution in [0, 0.1) is 5.92 Å². The fourth-order valence-corrected chi connectivity index (χ4v) is 2.39. The van der Waals surface area contributed by atoms with E-state index in [0.717, 1.165) is 12.1 Å². The van der Waals surface area contributed by atoms with Gasteiger partial charge in [0.05, 0.1) is 18.4 Å². The molecule has 0 bridgehead atoms. The van der Waals surface area contributed by atoms with Gasteiger partial charge in [0.1, 0.15) is 0 Å². The third kappa shape index (κ3) is 4.54. The Balaban J connectivity index is 1.65. The van der Waals surface area contributed by atoms with Crippen molar-refractivity contribution in [1.82, 2.24) is 10.2 Å².